The Morgan fingerprint density at radius 3 is 2.28 bits per heavy atom. The highest BCUT2D eigenvalue weighted by Crippen LogP contribution is 2.19. The maximum absolute atomic E-state index is 12.5. The Kier molecular flexibility index (Phi) is 6.10. The Labute approximate surface area is 170 Å². The van der Waals surface area contributed by atoms with E-state index >= 15 is 0 Å². The quantitative estimate of drug-likeness (QED) is 0.607. The Morgan fingerprint density at radius 2 is 1.59 bits per heavy atom. The second kappa shape index (κ2) is 8.55. The highest BCUT2D eigenvalue weighted by Gasteiger charge is 2.18. The average Bonchev–Trinajstić information content (AvgIpc) is 2.72. The van der Waals surface area contributed by atoms with Gasteiger partial charge in [0.2, 0.25) is 15.9 Å². The summed E-state index contributed by atoms with van der Waals surface area (Å²) < 4.78 is 27.1. The number of hydrogen-bond acceptors (Lipinski definition) is 4. The van der Waals surface area contributed by atoms with E-state index in [0.29, 0.717) is 12.1 Å². The number of ketones is 1. The normalized spacial score (nSPS) is 11.4. The van der Waals surface area contributed by atoms with E-state index in [4.69, 9.17) is 0 Å². The first-order valence-electron chi connectivity index (χ1n) is 9.09. The average molecular weight is 410 g/mol. The van der Waals surface area contributed by atoms with Gasteiger partial charge < -0.3 is 4.90 Å². The molecule has 0 aromatic heterocycles. The molecule has 7 heteroatoms. The van der Waals surface area contributed by atoms with Crippen LogP contribution < -0.4 is 4.72 Å². The van der Waals surface area contributed by atoms with E-state index in [1.54, 1.807) is 7.05 Å². The van der Waals surface area contributed by atoms with Gasteiger partial charge in [-0.05, 0) is 35.4 Å². The zero-order chi connectivity index (χ0) is 21.0. The summed E-state index contributed by atoms with van der Waals surface area (Å²) in [7, 11) is -2.21. The van der Waals surface area contributed by atoms with Crippen molar-refractivity contribution in [2.45, 2.75) is 18.4 Å². The van der Waals surface area contributed by atoms with Crippen molar-refractivity contribution in [3.63, 3.8) is 0 Å². The van der Waals surface area contributed by atoms with E-state index in [2.05, 4.69) is 4.72 Å². The first-order valence-corrected chi connectivity index (χ1v) is 10.6. The fourth-order valence-corrected chi connectivity index (χ4v) is 3.99. The molecule has 1 N–H and O–H groups in total. The van der Waals surface area contributed by atoms with Gasteiger partial charge in [0, 0.05) is 19.2 Å². The van der Waals surface area contributed by atoms with Crippen molar-refractivity contribution in [2.75, 3.05) is 13.6 Å². The lowest BCUT2D eigenvalue weighted by Crippen LogP contribution is -2.37. The smallest absolute Gasteiger partial charge is 0.241 e. The van der Waals surface area contributed by atoms with Gasteiger partial charge >= 0.3 is 0 Å². The molecule has 29 heavy (non-hydrogen) atoms. The summed E-state index contributed by atoms with van der Waals surface area (Å²) in [4.78, 5) is 25.3. The second-order valence-electron chi connectivity index (χ2n) is 6.79. The molecule has 0 spiro atoms. The van der Waals surface area contributed by atoms with Gasteiger partial charge in [-0.25, -0.2) is 13.1 Å². The van der Waals surface area contributed by atoms with Crippen LogP contribution in [0.25, 0.3) is 10.8 Å². The molecule has 3 aromatic rings. The Hall–Kier alpha value is -3.03. The molecule has 0 fully saturated rings. The van der Waals surface area contributed by atoms with E-state index in [1.807, 2.05) is 42.5 Å². The summed E-state index contributed by atoms with van der Waals surface area (Å²) in [6, 6.07) is 19.4. The molecule has 0 bridgehead atoms. The van der Waals surface area contributed by atoms with E-state index in [0.717, 1.165) is 16.3 Å². The van der Waals surface area contributed by atoms with Crippen molar-refractivity contribution in [1.29, 1.82) is 0 Å². The monoisotopic (exact) mass is 410 g/mol. The standard InChI is InChI=1S/C22H22N2O4S/c1-16(25)17-10-12-20(13-11-17)29(27,28)23-14-22(26)24(2)15-19-8-5-7-18-6-3-4-9-21(18)19/h3-13,23H,14-15H2,1-2H3. The Bertz CT molecular complexity index is 1150. The van der Waals surface area contributed by atoms with E-state index < -0.39 is 10.0 Å². The number of carbonyl (C=O) groups is 2. The summed E-state index contributed by atoms with van der Waals surface area (Å²) in [5, 5.41) is 2.14. The Morgan fingerprint density at radius 1 is 0.931 bits per heavy atom. The highest BCUT2D eigenvalue weighted by molar-refractivity contribution is 7.89. The van der Waals surface area contributed by atoms with Crippen LogP contribution in [0.3, 0.4) is 0 Å². The molecular formula is C22H22N2O4S. The third-order valence-electron chi connectivity index (χ3n) is 4.70. The van der Waals surface area contributed by atoms with Gasteiger partial charge in [0.15, 0.2) is 5.78 Å². The SMILES string of the molecule is CC(=O)c1ccc(S(=O)(=O)NCC(=O)N(C)Cc2cccc3ccccc23)cc1. The maximum atomic E-state index is 12.5. The first-order chi connectivity index (χ1) is 13.8. The second-order valence-corrected chi connectivity index (χ2v) is 8.56. The zero-order valence-corrected chi connectivity index (χ0v) is 17.1. The van der Waals surface area contributed by atoms with Crippen LogP contribution in [0.5, 0.6) is 0 Å². The summed E-state index contributed by atoms with van der Waals surface area (Å²) >= 11 is 0. The lowest BCUT2D eigenvalue weighted by atomic mass is 10.0. The summed E-state index contributed by atoms with van der Waals surface area (Å²) in [6.07, 6.45) is 0. The highest BCUT2D eigenvalue weighted by atomic mass is 32.2. The number of carbonyl (C=O) groups excluding carboxylic acids is 2. The minimum atomic E-state index is -3.85. The number of fused-ring (bicyclic) bond motifs is 1. The largest absolute Gasteiger partial charge is 0.340 e. The topological polar surface area (TPSA) is 83.5 Å². The number of nitrogens with zero attached hydrogens (tertiary/aromatic N) is 1. The van der Waals surface area contributed by atoms with Crippen LogP contribution >= 0.6 is 0 Å². The Balaban J connectivity index is 1.65. The van der Waals surface area contributed by atoms with Crippen molar-refractivity contribution in [1.82, 2.24) is 9.62 Å². The predicted molar refractivity (Wildman–Crippen MR) is 112 cm³/mol. The van der Waals surface area contributed by atoms with Crippen molar-refractivity contribution >= 4 is 32.5 Å². The number of nitrogens with one attached hydrogen (secondary N) is 1. The fourth-order valence-electron chi connectivity index (χ4n) is 3.02. The number of hydrogen-bond donors (Lipinski definition) is 1. The first kappa shape index (κ1) is 20.7. The van der Waals surface area contributed by atoms with Gasteiger partial charge in [-0.3, -0.25) is 9.59 Å². The van der Waals surface area contributed by atoms with Gasteiger partial charge in [-0.15, -0.1) is 0 Å². The van der Waals surface area contributed by atoms with Gasteiger partial charge in [-0.1, -0.05) is 54.6 Å². The minimum absolute atomic E-state index is 0.00649. The van der Waals surface area contributed by atoms with Crippen molar-refractivity contribution in [3.05, 3.63) is 77.9 Å². The van der Waals surface area contributed by atoms with Crippen LogP contribution in [0.1, 0.15) is 22.8 Å². The number of benzene rings is 3. The molecule has 1 amide bonds. The molecule has 0 aliphatic rings. The van der Waals surface area contributed by atoms with Gasteiger partial charge in [0.05, 0.1) is 11.4 Å². The number of sulfonamides is 1. The summed E-state index contributed by atoms with van der Waals surface area (Å²) in [5.41, 5.74) is 1.41. The molecule has 3 aromatic carbocycles. The van der Waals surface area contributed by atoms with E-state index in [1.165, 1.54) is 36.1 Å². The maximum Gasteiger partial charge on any atom is 0.241 e. The molecule has 0 unspecified atom stereocenters. The summed E-state index contributed by atoms with van der Waals surface area (Å²) in [5.74, 6) is -0.492. The molecule has 0 radical (unpaired) electrons. The molecule has 0 aliphatic heterocycles. The molecule has 0 saturated carbocycles. The number of amides is 1. The number of rotatable bonds is 7. The van der Waals surface area contributed by atoms with Crippen molar-refractivity contribution < 1.29 is 18.0 Å². The van der Waals surface area contributed by atoms with E-state index in [9.17, 15) is 18.0 Å². The summed E-state index contributed by atoms with van der Waals surface area (Å²) in [6.45, 7) is 1.43. The van der Waals surface area contributed by atoms with E-state index in [-0.39, 0.29) is 23.1 Å². The van der Waals surface area contributed by atoms with Crippen molar-refractivity contribution in [2.24, 2.45) is 0 Å². The third-order valence-corrected chi connectivity index (χ3v) is 6.11. The number of Topliss-reactive ketones (excluding diaryl/α,β-unsaturated/α-hetero) is 1. The molecule has 6 nitrogen and oxygen atoms in total. The lowest BCUT2D eigenvalue weighted by molar-refractivity contribution is -0.129. The van der Waals surface area contributed by atoms with Crippen LogP contribution in [-0.2, 0) is 21.4 Å². The van der Waals surface area contributed by atoms with Gasteiger partial charge in [0.25, 0.3) is 0 Å². The zero-order valence-electron chi connectivity index (χ0n) is 16.3. The molecule has 150 valence electrons. The number of likely N-dealkylation sites (N-methyl/N-ethyl adjacent to an activating group) is 1. The van der Waals surface area contributed by atoms with Crippen molar-refractivity contribution in [3.8, 4) is 0 Å². The minimum Gasteiger partial charge on any atom is -0.340 e. The molecule has 0 heterocycles. The molecule has 0 saturated heterocycles. The van der Waals surface area contributed by atoms with Crippen LogP contribution in [-0.4, -0.2) is 38.6 Å². The molecule has 0 aliphatic carbocycles. The molecule has 0 atom stereocenters. The van der Waals surface area contributed by atoms with Gasteiger partial charge in [-0.2, -0.15) is 0 Å². The van der Waals surface area contributed by atoms with Crippen LogP contribution in [0.4, 0.5) is 0 Å². The lowest BCUT2D eigenvalue weighted by Gasteiger charge is -2.19. The molecule has 3 rings (SSSR count). The molecular weight excluding hydrogens is 388 g/mol. The predicted octanol–water partition coefficient (Wildman–Crippen LogP) is 2.98. The van der Waals surface area contributed by atoms with Gasteiger partial charge in [0.1, 0.15) is 0 Å². The van der Waals surface area contributed by atoms with Crippen LogP contribution in [0.2, 0.25) is 0 Å². The third kappa shape index (κ3) is 4.88. The van der Waals surface area contributed by atoms with Crippen LogP contribution in [0.15, 0.2) is 71.6 Å². The fraction of sp³-hybridized carbons (Fsp3) is 0.182. The van der Waals surface area contributed by atoms with Crippen LogP contribution in [0, 0.1) is 0 Å².